The number of carbonyl (C=O) groups excluding carboxylic acids is 1. The number of fused-ring (bicyclic) bond motifs is 1. The van der Waals surface area contributed by atoms with Crippen molar-refractivity contribution < 1.29 is 19.4 Å². The molecule has 1 amide bonds. The van der Waals surface area contributed by atoms with Gasteiger partial charge in [0.05, 0.1) is 5.56 Å². The van der Waals surface area contributed by atoms with E-state index >= 15 is 0 Å². The van der Waals surface area contributed by atoms with Crippen molar-refractivity contribution >= 4 is 17.6 Å². The Hall–Kier alpha value is -1.88. The zero-order valence-electron chi connectivity index (χ0n) is 10.9. The molecule has 1 heterocycles. The highest BCUT2D eigenvalue weighted by molar-refractivity contribution is 5.97. The maximum atomic E-state index is 12.0. The second kappa shape index (κ2) is 5.84. The Morgan fingerprint density at radius 2 is 2.21 bits per heavy atom. The lowest BCUT2D eigenvalue weighted by atomic mass is 10.1. The van der Waals surface area contributed by atoms with Crippen molar-refractivity contribution in [1.82, 2.24) is 0 Å². The standard InChI is InChI=1S/C14H17NO4/c1-2-7-19-9-13(16)15-6-5-10-8-11(14(17)18)3-4-12(10)15/h3-4,8H,2,5-7,9H2,1H3,(H,17,18). The summed E-state index contributed by atoms with van der Waals surface area (Å²) in [5.41, 5.74) is 1.97. The summed E-state index contributed by atoms with van der Waals surface area (Å²) in [6.45, 7) is 3.23. The van der Waals surface area contributed by atoms with Gasteiger partial charge in [0.15, 0.2) is 0 Å². The highest BCUT2D eigenvalue weighted by Gasteiger charge is 2.25. The maximum absolute atomic E-state index is 12.0. The molecular formula is C14H17NO4. The summed E-state index contributed by atoms with van der Waals surface area (Å²) in [5.74, 6) is -1.02. The van der Waals surface area contributed by atoms with Gasteiger partial charge in [-0.05, 0) is 36.6 Å². The molecule has 102 valence electrons. The number of hydrogen-bond acceptors (Lipinski definition) is 3. The zero-order valence-corrected chi connectivity index (χ0v) is 10.9. The van der Waals surface area contributed by atoms with Crippen LogP contribution < -0.4 is 4.90 Å². The number of carboxylic acids is 1. The predicted octanol–water partition coefficient (Wildman–Crippen LogP) is 1.70. The summed E-state index contributed by atoms with van der Waals surface area (Å²) in [6, 6.07) is 4.86. The summed E-state index contributed by atoms with van der Waals surface area (Å²) in [7, 11) is 0. The van der Waals surface area contributed by atoms with E-state index in [0.29, 0.717) is 19.6 Å². The van der Waals surface area contributed by atoms with Crippen molar-refractivity contribution in [1.29, 1.82) is 0 Å². The quantitative estimate of drug-likeness (QED) is 0.821. The van der Waals surface area contributed by atoms with Crippen LogP contribution in [0.5, 0.6) is 0 Å². The van der Waals surface area contributed by atoms with Crippen molar-refractivity contribution in [3.63, 3.8) is 0 Å². The smallest absolute Gasteiger partial charge is 0.335 e. The number of benzene rings is 1. The molecule has 0 fully saturated rings. The van der Waals surface area contributed by atoms with Gasteiger partial charge in [-0.3, -0.25) is 4.79 Å². The van der Waals surface area contributed by atoms with Gasteiger partial charge in [0.25, 0.3) is 5.91 Å². The second-order valence-electron chi connectivity index (χ2n) is 4.50. The van der Waals surface area contributed by atoms with Crippen LogP contribution in [0.4, 0.5) is 5.69 Å². The van der Waals surface area contributed by atoms with E-state index in [4.69, 9.17) is 9.84 Å². The van der Waals surface area contributed by atoms with E-state index in [2.05, 4.69) is 0 Å². The minimum atomic E-state index is -0.946. The summed E-state index contributed by atoms with van der Waals surface area (Å²) in [4.78, 5) is 24.5. The SMILES string of the molecule is CCCOCC(=O)N1CCc2cc(C(=O)O)ccc21. The average Bonchev–Trinajstić information content (AvgIpc) is 2.81. The molecule has 0 unspecified atom stereocenters. The van der Waals surface area contributed by atoms with Gasteiger partial charge in [-0.2, -0.15) is 0 Å². The van der Waals surface area contributed by atoms with E-state index in [1.54, 1.807) is 17.0 Å². The fraction of sp³-hybridized carbons (Fsp3) is 0.429. The highest BCUT2D eigenvalue weighted by atomic mass is 16.5. The molecule has 1 aromatic carbocycles. The first-order valence-electron chi connectivity index (χ1n) is 6.37. The van der Waals surface area contributed by atoms with E-state index in [9.17, 15) is 9.59 Å². The van der Waals surface area contributed by atoms with Gasteiger partial charge >= 0.3 is 5.97 Å². The number of ether oxygens (including phenoxy) is 1. The summed E-state index contributed by atoms with van der Waals surface area (Å²) < 4.78 is 5.25. The average molecular weight is 263 g/mol. The molecule has 5 nitrogen and oxygen atoms in total. The van der Waals surface area contributed by atoms with Crippen LogP contribution in [0, 0.1) is 0 Å². The number of amides is 1. The van der Waals surface area contributed by atoms with Crippen LogP contribution in [-0.2, 0) is 16.0 Å². The third-order valence-electron chi connectivity index (χ3n) is 3.10. The molecule has 0 bridgehead atoms. The maximum Gasteiger partial charge on any atom is 0.335 e. The number of carbonyl (C=O) groups is 2. The molecule has 1 aromatic rings. The van der Waals surface area contributed by atoms with E-state index in [-0.39, 0.29) is 18.1 Å². The van der Waals surface area contributed by atoms with Crippen molar-refractivity contribution in [3.05, 3.63) is 29.3 Å². The summed E-state index contributed by atoms with van der Waals surface area (Å²) >= 11 is 0. The molecule has 1 N–H and O–H groups in total. The molecule has 2 rings (SSSR count). The van der Waals surface area contributed by atoms with Gasteiger partial charge in [-0.1, -0.05) is 6.92 Å². The fourth-order valence-corrected chi connectivity index (χ4v) is 2.18. The molecule has 5 heteroatoms. The molecule has 0 saturated carbocycles. The molecule has 19 heavy (non-hydrogen) atoms. The van der Waals surface area contributed by atoms with Gasteiger partial charge in [-0.25, -0.2) is 4.79 Å². The van der Waals surface area contributed by atoms with E-state index in [0.717, 1.165) is 17.7 Å². The Balaban J connectivity index is 2.09. The first-order chi connectivity index (χ1) is 9.13. The van der Waals surface area contributed by atoms with E-state index in [1.807, 2.05) is 6.92 Å². The lowest BCUT2D eigenvalue weighted by Crippen LogP contribution is -2.32. The lowest BCUT2D eigenvalue weighted by molar-refractivity contribution is -0.123. The van der Waals surface area contributed by atoms with Crippen molar-refractivity contribution in [3.8, 4) is 0 Å². The third kappa shape index (κ3) is 2.93. The molecule has 0 aliphatic carbocycles. The normalized spacial score (nSPS) is 13.4. The molecule has 0 atom stereocenters. The zero-order chi connectivity index (χ0) is 13.8. The number of carboxylic acid groups (broad SMARTS) is 1. The minimum absolute atomic E-state index is 0.0738. The first-order valence-corrected chi connectivity index (χ1v) is 6.37. The topological polar surface area (TPSA) is 66.8 Å². The Morgan fingerprint density at radius 3 is 2.89 bits per heavy atom. The number of rotatable bonds is 5. The van der Waals surface area contributed by atoms with Crippen molar-refractivity contribution in [2.45, 2.75) is 19.8 Å². The van der Waals surface area contributed by atoms with Crippen LogP contribution in [0.3, 0.4) is 0 Å². The number of anilines is 1. The number of hydrogen-bond donors (Lipinski definition) is 1. The van der Waals surface area contributed by atoms with Crippen LogP contribution in [-0.4, -0.2) is 36.7 Å². The molecule has 1 aliphatic rings. The molecule has 0 radical (unpaired) electrons. The van der Waals surface area contributed by atoms with Gasteiger partial charge in [-0.15, -0.1) is 0 Å². The summed E-state index contributed by atoms with van der Waals surface area (Å²) in [5, 5.41) is 8.93. The van der Waals surface area contributed by atoms with Gasteiger partial charge in [0.2, 0.25) is 0 Å². The van der Waals surface area contributed by atoms with Crippen LogP contribution in [0.2, 0.25) is 0 Å². The first kappa shape index (κ1) is 13.5. The lowest BCUT2D eigenvalue weighted by Gasteiger charge is -2.17. The van der Waals surface area contributed by atoms with Gasteiger partial charge < -0.3 is 14.7 Å². The van der Waals surface area contributed by atoms with E-state index < -0.39 is 5.97 Å². The Kier molecular flexibility index (Phi) is 4.16. The van der Waals surface area contributed by atoms with Gasteiger partial charge in [0, 0.05) is 18.8 Å². The molecular weight excluding hydrogens is 246 g/mol. The molecule has 1 aliphatic heterocycles. The van der Waals surface area contributed by atoms with Crippen LogP contribution >= 0.6 is 0 Å². The number of aromatic carboxylic acids is 1. The predicted molar refractivity (Wildman–Crippen MR) is 70.6 cm³/mol. The van der Waals surface area contributed by atoms with Crippen molar-refractivity contribution in [2.75, 3.05) is 24.7 Å². The second-order valence-corrected chi connectivity index (χ2v) is 4.50. The fourth-order valence-electron chi connectivity index (χ4n) is 2.18. The highest BCUT2D eigenvalue weighted by Crippen LogP contribution is 2.28. The van der Waals surface area contributed by atoms with E-state index in [1.165, 1.54) is 6.07 Å². The minimum Gasteiger partial charge on any atom is -0.478 e. The molecule has 0 saturated heterocycles. The largest absolute Gasteiger partial charge is 0.478 e. The third-order valence-corrected chi connectivity index (χ3v) is 3.10. The van der Waals surface area contributed by atoms with Gasteiger partial charge in [0.1, 0.15) is 6.61 Å². The van der Waals surface area contributed by atoms with Crippen molar-refractivity contribution in [2.24, 2.45) is 0 Å². The Bertz CT molecular complexity index is 498. The summed E-state index contributed by atoms with van der Waals surface area (Å²) in [6.07, 6.45) is 1.57. The number of nitrogens with zero attached hydrogens (tertiary/aromatic N) is 1. The Morgan fingerprint density at radius 1 is 1.42 bits per heavy atom. The van der Waals surface area contributed by atoms with Crippen LogP contribution in [0.25, 0.3) is 0 Å². The Labute approximate surface area is 111 Å². The molecule has 0 spiro atoms. The van der Waals surface area contributed by atoms with Crippen LogP contribution in [0.15, 0.2) is 18.2 Å². The monoisotopic (exact) mass is 263 g/mol. The molecule has 0 aromatic heterocycles. The van der Waals surface area contributed by atoms with Crippen LogP contribution in [0.1, 0.15) is 29.3 Å².